The highest BCUT2D eigenvalue weighted by Gasteiger charge is 2.22. The Morgan fingerprint density at radius 3 is 2.50 bits per heavy atom. The van der Waals surface area contributed by atoms with Crippen LogP contribution in [0.3, 0.4) is 0 Å². The molecule has 0 aromatic carbocycles. The van der Waals surface area contributed by atoms with Crippen LogP contribution in [0.5, 0.6) is 0 Å². The smallest absolute Gasteiger partial charge is 0.0901 e. The highest BCUT2D eigenvalue weighted by Crippen LogP contribution is 2.33. The van der Waals surface area contributed by atoms with Crippen molar-refractivity contribution in [3.05, 3.63) is 25.0 Å². The van der Waals surface area contributed by atoms with Gasteiger partial charge in [-0.3, -0.25) is 0 Å². The van der Waals surface area contributed by atoms with Gasteiger partial charge in [-0.25, -0.2) is 0 Å². The highest BCUT2D eigenvalue weighted by atomic mass is 16.5. The molecule has 0 aromatic heterocycles. The van der Waals surface area contributed by atoms with Crippen LogP contribution in [-0.4, -0.2) is 6.61 Å². The first-order valence-electron chi connectivity index (χ1n) is 7.59. The molecule has 1 nitrogen and oxygen atoms in total. The van der Waals surface area contributed by atoms with Gasteiger partial charge in [-0.2, -0.15) is 0 Å². The zero-order valence-corrected chi connectivity index (χ0v) is 12.2. The molecule has 1 aliphatic rings. The summed E-state index contributed by atoms with van der Waals surface area (Å²) in [4.78, 5) is 0. The Balaban J connectivity index is 2.12. The van der Waals surface area contributed by atoms with E-state index in [0.29, 0.717) is 0 Å². The number of ether oxygens (including phenoxy) is 1. The van der Waals surface area contributed by atoms with Crippen molar-refractivity contribution in [1.82, 2.24) is 0 Å². The van der Waals surface area contributed by atoms with E-state index in [1.807, 2.05) is 0 Å². The van der Waals surface area contributed by atoms with Crippen molar-refractivity contribution in [1.29, 1.82) is 0 Å². The summed E-state index contributed by atoms with van der Waals surface area (Å²) < 4.78 is 5.31. The molecule has 1 saturated carbocycles. The standard InChI is InChI=1S/C17H30O/c1-4-6-7-8-15(3)13-16-9-11-17(12-10-16)14-18-5-2/h4-6,15-17H,2,7-14H2,1,3H3/b6-4+. The second-order valence-electron chi connectivity index (χ2n) is 5.87. The molecule has 1 fully saturated rings. The third kappa shape index (κ3) is 6.28. The number of hydrogen-bond donors (Lipinski definition) is 0. The summed E-state index contributed by atoms with van der Waals surface area (Å²) in [7, 11) is 0. The van der Waals surface area contributed by atoms with Crippen LogP contribution in [-0.2, 0) is 4.74 Å². The fraction of sp³-hybridized carbons (Fsp3) is 0.765. The van der Waals surface area contributed by atoms with Crippen molar-refractivity contribution >= 4 is 0 Å². The molecule has 0 spiro atoms. The quantitative estimate of drug-likeness (QED) is 0.417. The van der Waals surface area contributed by atoms with Crippen molar-refractivity contribution in [3.63, 3.8) is 0 Å². The summed E-state index contributed by atoms with van der Waals surface area (Å²) in [6.07, 6.45) is 15.6. The van der Waals surface area contributed by atoms with Gasteiger partial charge in [0.05, 0.1) is 12.9 Å². The summed E-state index contributed by atoms with van der Waals surface area (Å²) in [6, 6.07) is 0. The molecule has 0 N–H and O–H groups in total. The zero-order chi connectivity index (χ0) is 13.2. The van der Waals surface area contributed by atoms with Crippen molar-refractivity contribution in [2.45, 2.75) is 58.8 Å². The van der Waals surface area contributed by atoms with Crippen molar-refractivity contribution in [2.24, 2.45) is 17.8 Å². The van der Waals surface area contributed by atoms with Crippen LogP contribution in [0.1, 0.15) is 58.8 Å². The van der Waals surface area contributed by atoms with Crippen molar-refractivity contribution in [3.8, 4) is 0 Å². The number of allylic oxidation sites excluding steroid dienone is 2. The minimum atomic E-state index is 0.776. The normalized spacial score (nSPS) is 26.1. The minimum absolute atomic E-state index is 0.776. The SMILES string of the molecule is C=COCC1CCC(CC(C)CC/C=C/C)CC1. The predicted molar refractivity (Wildman–Crippen MR) is 79.4 cm³/mol. The molecule has 1 unspecified atom stereocenters. The lowest BCUT2D eigenvalue weighted by Crippen LogP contribution is -2.19. The molecule has 104 valence electrons. The molecule has 0 bridgehead atoms. The average Bonchev–Trinajstić information content (AvgIpc) is 2.38. The first-order chi connectivity index (χ1) is 8.76. The second kappa shape index (κ2) is 9.24. The van der Waals surface area contributed by atoms with Gasteiger partial charge in [-0.15, -0.1) is 0 Å². The largest absolute Gasteiger partial charge is 0.502 e. The molecule has 0 aliphatic heterocycles. The summed E-state index contributed by atoms with van der Waals surface area (Å²) in [6.45, 7) is 9.01. The van der Waals surface area contributed by atoms with Gasteiger partial charge in [0.15, 0.2) is 0 Å². The Hall–Kier alpha value is -0.720. The van der Waals surface area contributed by atoms with E-state index in [1.54, 1.807) is 6.26 Å². The van der Waals surface area contributed by atoms with E-state index in [2.05, 4.69) is 32.6 Å². The van der Waals surface area contributed by atoms with Crippen molar-refractivity contribution < 1.29 is 4.74 Å². The molecule has 1 heteroatoms. The van der Waals surface area contributed by atoms with Crippen LogP contribution in [0, 0.1) is 17.8 Å². The Bertz CT molecular complexity index is 236. The summed E-state index contributed by atoms with van der Waals surface area (Å²) in [5.41, 5.74) is 0. The number of rotatable bonds is 8. The van der Waals surface area contributed by atoms with Gasteiger partial charge in [0, 0.05) is 0 Å². The van der Waals surface area contributed by atoms with Crippen LogP contribution in [0.2, 0.25) is 0 Å². The van der Waals surface area contributed by atoms with Gasteiger partial charge < -0.3 is 4.74 Å². The molecule has 18 heavy (non-hydrogen) atoms. The van der Waals surface area contributed by atoms with Gasteiger partial charge in [0.25, 0.3) is 0 Å². The Morgan fingerprint density at radius 1 is 1.22 bits per heavy atom. The first-order valence-corrected chi connectivity index (χ1v) is 7.59. The Morgan fingerprint density at radius 2 is 1.89 bits per heavy atom. The highest BCUT2D eigenvalue weighted by molar-refractivity contribution is 4.79. The third-order valence-corrected chi connectivity index (χ3v) is 4.21. The first kappa shape index (κ1) is 15.3. The maximum Gasteiger partial charge on any atom is 0.0901 e. The fourth-order valence-electron chi connectivity index (χ4n) is 3.07. The van der Waals surface area contributed by atoms with E-state index >= 15 is 0 Å². The van der Waals surface area contributed by atoms with Gasteiger partial charge in [0.1, 0.15) is 0 Å². The van der Waals surface area contributed by atoms with Gasteiger partial charge in [-0.05, 0) is 56.8 Å². The van der Waals surface area contributed by atoms with E-state index in [-0.39, 0.29) is 0 Å². The Labute approximate surface area is 113 Å². The van der Waals surface area contributed by atoms with Crippen LogP contribution in [0.25, 0.3) is 0 Å². The Kier molecular flexibility index (Phi) is 7.88. The summed E-state index contributed by atoms with van der Waals surface area (Å²) >= 11 is 0. The summed E-state index contributed by atoms with van der Waals surface area (Å²) in [5.74, 6) is 2.62. The van der Waals surface area contributed by atoms with Gasteiger partial charge in [-0.1, -0.05) is 38.5 Å². The van der Waals surface area contributed by atoms with Crippen molar-refractivity contribution in [2.75, 3.05) is 6.61 Å². The van der Waals surface area contributed by atoms with Crippen LogP contribution >= 0.6 is 0 Å². The fourth-order valence-corrected chi connectivity index (χ4v) is 3.07. The second-order valence-corrected chi connectivity index (χ2v) is 5.87. The topological polar surface area (TPSA) is 9.23 Å². The molecule has 0 amide bonds. The van der Waals surface area contributed by atoms with Crippen LogP contribution < -0.4 is 0 Å². The molecule has 0 heterocycles. The van der Waals surface area contributed by atoms with Crippen LogP contribution in [0.4, 0.5) is 0 Å². The van der Waals surface area contributed by atoms with E-state index in [0.717, 1.165) is 24.4 Å². The third-order valence-electron chi connectivity index (χ3n) is 4.21. The molecule has 0 saturated heterocycles. The monoisotopic (exact) mass is 250 g/mol. The van der Waals surface area contributed by atoms with E-state index in [1.165, 1.54) is 44.9 Å². The molecular formula is C17H30O. The molecule has 0 aromatic rings. The lowest BCUT2D eigenvalue weighted by molar-refractivity contribution is 0.141. The van der Waals surface area contributed by atoms with E-state index in [4.69, 9.17) is 4.74 Å². The van der Waals surface area contributed by atoms with Crippen LogP contribution in [0.15, 0.2) is 25.0 Å². The maximum atomic E-state index is 5.31. The zero-order valence-electron chi connectivity index (χ0n) is 12.2. The predicted octanol–water partition coefficient (Wildman–Crippen LogP) is 5.34. The molecule has 1 atom stereocenters. The average molecular weight is 250 g/mol. The molecule has 1 aliphatic carbocycles. The van der Waals surface area contributed by atoms with E-state index in [9.17, 15) is 0 Å². The van der Waals surface area contributed by atoms with E-state index < -0.39 is 0 Å². The van der Waals surface area contributed by atoms with Gasteiger partial charge in [0.2, 0.25) is 0 Å². The maximum absolute atomic E-state index is 5.31. The minimum Gasteiger partial charge on any atom is -0.502 e. The lowest BCUT2D eigenvalue weighted by Gasteiger charge is -2.29. The molecule has 0 radical (unpaired) electrons. The number of hydrogen-bond acceptors (Lipinski definition) is 1. The van der Waals surface area contributed by atoms with Gasteiger partial charge >= 0.3 is 0 Å². The summed E-state index contributed by atoms with van der Waals surface area (Å²) in [5, 5.41) is 0. The lowest BCUT2D eigenvalue weighted by atomic mass is 9.78. The molecule has 1 rings (SSSR count). The molecular weight excluding hydrogens is 220 g/mol.